The minimum Gasteiger partial charge on any atom is -0.468 e. The number of halogens is 1. The number of ether oxygens (including phenoxy) is 1. The van der Waals surface area contributed by atoms with Crippen molar-refractivity contribution in [1.29, 1.82) is 0 Å². The van der Waals surface area contributed by atoms with Gasteiger partial charge in [-0.05, 0) is 18.6 Å². The van der Waals surface area contributed by atoms with E-state index in [2.05, 4.69) is 4.74 Å². The second-order valence-electron chi connectivity index (χ2n) is 3.43. The molecule has 0 saturated carbocycles. The van der Waals surface area contributed by atoms with Gasteiger partial charge in [0.1, 0.15) is 11.9 Å². The van der Waals surface area contributed by atoms with Crippen molar-refractivity contribution in [1.82, 2.24) is 0 Å². The summed E-state index contributed by atoms with van der Waals surface area (Å²) >= 11 is 0. The predicted octanol–water partition coefficient (Wildman–Crippen LogP) is 1.18. The number of aryl methyl sites for hydroxylation is 1. The van der Waals surface area contributed by atoms with Crippen molar-refractivity contribution in [2.45, 2.75) is 19.4 Å². The first kappa shape index (κ1) is 11.7. The van der Waals surface area contributed by atoms with Gasteiger partial charge in [0.05, 0.1) is 7.11 Å². The van der Waals surface area contributed by atoms with E-state index in [0.717, 1.165) is 5.56 Å². The first-order valence-electron chi connectivity index (χ1n) is 4.63. The van der Waals surface area contributed by atoms with Crippen molar-refractivity contribution >= 4 is 5.97 Å². The Labute approximate surface area is 88.0 Å². The van der Waals surface area contributed by atoms with Crippen LogP contribution in [0.25, 0.3) is 0 Å². The van der Waals surface area contributed by atoms with E-state index in [1.807, 2.05) is 6.92 Å². The maximum Gasteiger partial charge on any atom is 0.322 e. The average Bonchev–Trinajstić information content (AvgIpc) is 2.22. The molecule has 0 saturated heterocycles. The third kappa shape index (κ3) is 3.02. The molecule has 0 amide bonds. The standard InChI is InChI=1S/C11H14FNO2/c1-7-3-4-9(12)8(5-7)6-10(13)11(14)15-2/h3-5,10H,6,13H2,1-2H3/t10-/m1/s1. The lowest BCUT2D eigenvalue weighted by Gasteiger charge is -2.10. The summed E-state index contributed by atoms with van der Waals surface area (Å²) in [5, 5.41) is 0. The van der Waals surface area contributed by atoms with E-state index in [-0.39, 0.29) is 12.2 Å². The summed E-state index contributed by atoms with van der Waals surface area (Å²) in [7, 11) is 1.26. The van der Waals surface area contributed by atoms with Crippen LogP contribution in [0, 0.1) is 12.7 Å². The van der Waals surface area contributed by atoms with Gasteiger partial charge in [-0.15, -0.1) is 0 Å². The molecule has 15 heavy (non-hydrogen) atoms. The minimum absolute atomic E-state index is 0.153. The quantitative estimate of drug-likeness (QED) is 0.764. The maximum atomic E-state index is 13.3. The summed E-state index contributed by atoms with van der Waals surface area (Å²) in [4.78, 5) is 11.0. The Bertz CT molecular complexity index is 366. The van der Waals surface area contributed by atoms with Gasteiger partial charge >= 0.3 is 5.97 Å². The van der Waals surface area contributed by atoms with Crippen LogP contribution in [0.3, 0.4) is 0 Å². The molecule has 0 heterocycles. The minimum atomic E-state index is -0.814. The van der Waals surface area contributed by atoms with Crippen molar-refractivity contribution < 1.29 is 13.9 Å². The Morgan fingerprint density at radius 3 is 2.87 bits per heavy atom. The molecule has 1 atom stereocenters. The molecule has 1 aromatic carbocycles. The van der Waals surface area contributed by atoms with Gasteiger partial charge in [0, 0.05) is 6.42 Å². The number of methoxy groups -OCH3 is 1. The third-order valence-electron chi connectivity index (χ3n) is 2.14. The van der Waals surface area contributed by atoms with E-state index in [0.29, 0.717) is 5.56 Å². The zero-order valence-electron chi connectivity index (χ0n) is 8.79. The molecule has 1 rings (SSSR count). The fourth-order valence-corrected chi connectivity index (χ4v) is 1.33. The van der Waals surface area contributed by atoms with Crippen LogP contribution >= 0.6 is 0 Å². The molecule has 0 radical (unpaired) electrons. The SMILES string of the molecule is COC(=O)[C@H](N)Cc1cc(C)ccc1F. The van der Waals surface area contributed by atoms with Gasteiger partial charge in [-0.1, -0.05) is 17.7 Å². The van der Waals surface area contributed by atoms with Crippen LogP contribution in [0.4, 0.5) is 4.39 Å². The van der Waals surface area contributed by atoms with Crippen molar-refractivity contribution in [3.8, 4) is 0 Å². The topological polar surface area (TPSA) is 52.3 Å². The summed E-state index contributed by atoms with van der Waals surface area (Å²) in [6.45, 7) is 1.85. The predicted molar refractivity (Wildman–Crippen MR) is 54.8 cm³/mol. The molecule has 0 bridgehead atoms. The average molecular weight is 211 g/mol. The highest BCUT2D eigenvalue weighted by atomic mass is 19.1. The summed E-state index contributed by atoms with van der Waals surface area (Å²) < 4.78 is 17.8. The van der Waals surface area contributed by atoms with Crippen LogP contribution in [0.2, 0.25) is 0 Å². The van der Waals surface area contributed by atoms with Crippen LogP contribution in [0.5, 0.6) is 0 Å². The highest BCUT2D eigenvalue weighted by molar-refractivity contribution is 5.75. The van der Waals surface area contributed by atoms with Crippen LogP contribution in [-0.2, 0) is 16.0 Å². The number of carbonyl (C=O) groups is 1. The molecule has 4 heteroatoms. The third-order valence-corrected chi connectivity index (χ3v) is 2.14. The van der Waals surface area contributed by atoms with E-state index >= 15 is 0 Å². The fraction of sp³-hybridized carbons (Fsp3) is 0.364. The Morgan fingerprint density at radius 1 is 1.60 bits per heavy atom. The van der Waals surface area contributed by atoms with Gasteiger partial charge in [-0.3, -0.25) is 4.79 Å². The zero-order valence-corrected chi connectivity index (χ0v) is 8.79. The molecular weight excluding hydrogens is 197 g/mol. The van der Waals surface area contributed by atoms with E-state index in [1.165, 1.54) is 13.2 Å². The van der Waals surface area contributed by atoms with Gasteiger partial charge in [-0.25, -0.2) is 4.39 Å². The van der Waals surface area contributed by atoms with Crippen molar-refractivity contribution in [2.75, 3.05) is 7.11 Å². The van der Waals surface area contributed by atoms with Gasteiger partial charge in [-0.2, -0.15) is 0 Å². The number of hydrogen-bond acceptors (Lipinski definition) is 3. The van der Waals surface area contributed by atoms with Crippen LogP contribution in [0.1, 0.15) is 11.1 Å². The number of hydrogen-bond donors (Lipinski definition) is 1. The molecule has 0 aliphatic heterocycles. The van der Waals surface area contributed by atoms with Gasteiger partial charge < -0.3 is 10.5 Å². The van der Waals surface area contributed by atoms with Gasteiger partial charge in [0.25, 0.3) is 0 Å². The lowest BCUT2D eigenvalue weighted by Crippen LogP contribution is -2.33. The highest BCUT2D eigenvalue weighted by Crippen LogP contribution is 2.12. The molecule has 2 N–H and O–H groups in total. The molecular formula is C11H14FNO2. The summed E-state index contributed by atoms with van der Waals surface area (Å²) in [6, 6.07) is 3.90. The largest absolute Gasteiger partial charge is 0.468 e. The number of rotatable bonds is 3. The molecule has 0 aromatic heterocycles. The summed E-state index contributed by atoms with van der Waals surface area (Å²) in [5.74, 6) is -0.879. The first-order chi connectivity index (χ1) is 7.04. The fourth-order valence-electron chi connectivity index (χ4n) is 1.33. The second kappa shape index (κ2) is 4.89. The van der Waals surface area contributed by atoms with E-state index in [4.69, 9.17) is 5.73 Å². The van der Waals surface area contributed by atoms with Crippen LogP contribution < -0.4 is 5.73 Å². The molecule has 82 valence electrons. The van der Waals surface area contributed by atoms with Crippen molar-refractivity contribution in [2.24, 2.45) is 5.73 Å². The van der Waals surface area contributed by atoms with E-state index in [9.17, 15) is 9.18 Å². The lowest BCUT2D eigenvalue weighted by atomic mass is 10.0. The molecule has 0 spiro atoms. The Morgan fingerprint density at radius 2 is 2.27 bits per heavy atom. The molecule has 1 aromatic rings. The smallest absolute Gasteiger partial charge is 0.322 e. The maximum absolute atomic E-state index is 13.3. The Balaban J connectivity index is 2.80. The monoisotopic (exact) mass is 211 g/mol. The summed E-state index contributed by atoms with van der Waals surface area (Å²) in [5.41, 5.74) is 6.91. The molecule has 0 aliphatic carbocycles. The molecule has 0 aliphatic rings. The molecule has 0 fully saturated rings. The van der Waals surface area contributed by atoms with E-state index in [1.54, 1.807) is 12.1 Å². The van der Waals surface area contributed by atoms with Gasteiger partial charge in [0.15, 0.2) is 0 Å². The number of carbonyl (C=O) groups excluding carboxylic acids is 1. The van der Waals surface area contributed by atoms with Crippen LogP contribution in [0.15, 0.2) is 18.2 Å². The number of esters is 1. The van der Waals surface area contributed by atoms with Crippen molar-refractivity contribution in [3.63, 3.8) is 0 Å². The first-order valence-corrected chi connectivity index (χ1v) is 4.63. The summed E-state index contributed by atoms with van der Waals surface area (Å²) in [6.07, 6.45) is 0.153. The highest BCUT2D eigenvalue weighted by Gasteiger charge is 2.16. The van der Waals surface area contributed by atoms with Gasteiger partial charge in [0.2, 0.25) is 0 Å². The zero-order chi connectivity index (χ0) is 11.4. The second-order valence-corrected chi connectivity index (χ2v) is 3.43. The Hall–Kier alpha value is -1.42. The normalized spacial score (nSPS) is 12.3. The molecule has 0 unspecified atom stereocenters. The number of benzene rings is 1. The molecule has 3 nitrogen and oxygen atoms in total. The van der Waals surface area contributed by atoms with E-state index < -0.39 is 12.0 Å². The Kier molecular flexibility index (Phi) is 3.80. The van der Waals surface area contributed by atoms with Crippen molar-refractivity contribution in [3.05, 3.63) is 35.1 Å². The number of nitrogens with two attached hydrogens (primary N) is 1. The lowest BCUT2D eigenvalue weighted by molar-refractivity contribution is -0.142. The van der Waals surface area contributed by atoms with Crippen LogP contribution in [-0.4, -0.2) is 19.1 Å².